The number of hydrogen-bond acceptors (Lipinski definition) is 5. The summed E-state index contributed by atoms with van der Waals surface area (Å²) in [6, 6.07) is 8.59. The lowest BCUT2D eigenvalue weighted by atomic mass is 9.99. The summed E-state index contributed by atoms with van der Waals surface area (Å²) in [4.78, 5) is 30.9. The Balaban J connectivity index is 1.45. The van der Waals surface area contributed by atoms with Crippen molar-refractivity contribution in [2.45, 2.75) is 26.3 Å². The molecule has 0 unspecified atom stereocenters. The number of benzene rings is 1. The molecule has 1 fully saturated rings. The molecule has 1 aliphatic heterocycles. The maximum Gasteiger partial charge on any atom is 0.262 e. The van der Waals surface area contributed by atoms with Crippen LogP contribution in [0.5, 0.6) is 0 Å². The SMILES string of the molecule is CC1CCN(CCNC(=O)c2ccc3c(=O)n(Cc4ccco4)c(=S)[nH]c3c2)CC1. The number of nitrogens with one attached hydrogen (secondary N) is 2. The minimum atomic E-state index is -0.212. The number of hydrogen-bond donors (Lipinski definition) is 2. The Kier molecular flexibility index (Phi) is 6.15. The molecular formula is C22H26N4O3S. The highest BCUT2D eigenvalue weighted by Gasteiger charge is 2.16. The maximum absolute atomic E-state index is 12.9. The van der Waals surface area contributed by atoms with Gasteiger partial charge in [-0.05, 0) is 74.4 Å². The number of nitrogens with zero attached hydrogens (tertiary/aromatic N) is 2. The first-order valence-electron chi connectivity index (χ1n) is 10.3. The molecule has 4 rings (SSSR count). The van der Waals surface area contributed by atoms with Crippen LogP contribution in [-0.4, -0.2) is 46.5 Å². The van der Waals surface area contributed by atoms with Crippen LogP contribution in [0.15, 0.2) is 45.8 Å². The van der Waals surface area contributed by atoms with Crippen molar-refractivity contribution in [3.63, 3.8) is 0 Å². The van der Waals surface area contributed by atoms with Gasteiger partial charge in [0.25, 0.3) is 11.5 Å². The molecule has 0 atom stereocenters. The molecule has 1 aliphatic rings. The van der Waals surface area contributed by atoms with E-state index >= 15 is 0 Å². The first kappa shape index (κ1) is 20.6. The van der Waals surface area contributed by atoms with Gasteiger partial charge >= 0.3 is 0 Å². The number of carbonyl (C=O) groups is 1. The van der Waals surface area contributed by atoms with Crippen LogP contribution < -0.4 is 10.9 Å². The van der Waals surface area contributed by atoms with Gasteiger partial charge in [-0.3, -0.25) is 14.2 Å². The average molecular weight is 427 g/mol. The largest absolute Gasteiger partial charge is 0.467 e. The molecule has 2 aromatic heterocycles. The first-order valence-corrected chi connectivity index (χ1v) is 10.7. The Morgan fingerprint density at radius 1 is 1.30 bits per heavy atom. The third-order valence-corrected chi connectivity index (χ3v) is 6.05. The molecule has 3 aromatic rings. The minimum Gasteiger partial charge on any atom is -0.467 e. The Bertz CT molecular complexity index is 1140. The van der Waals surface area contributed by atoms with Crippen LogP contribution >= 0.6 is 12.2 Å². The summed E-state index contributed by atoms with van der Waals surface area (Å²) in [6.45, 7) is 6.18. The third-order valence-electron chi connectivity index (χ3n) is 5.73. The van der Waals surface area contributed by atoms with E-state index in [2.05, 4.69) is 22.1 Å². The fraction of sp³-hybridized carbons (Fsp3) is 0.409. The minimum absolute atomic E-state index is 0.152. The quantitative estimate of drug-likeness (QED) is 0.592. The topological polar surface area (TPSA) is 83.3 Å². The van der Waals surface area contributed by atoms with Gasteiger partial charge in [-0.25, -0.2) is 0 Å². The van der Waals surface area contributed by atoms with E-state index in [9.17, 15) is 9.59 Å². The van der Waals surface area contributed by atoms with Crippen LogP contribution in [0.25, 0.3) is 10.9 Å². The fourth-order valence-corrected chi connectivity index (χ4v) is 4.07. The van der Waals surface area contributed by atoms with Crippen molar-refractivity contribution in [3.8, 4) is 0 Å². The highest BCUT2D eigenvalue weighted by Crippen LogP contribution is 2.15. The van der Waals surface area contributed by atoms with Crippen molar-refractivity contribution < 1.29 is 9.21 Å². The number of carbonyl (C=O) groups excluding carboxylic acids is 1. The number of likely N-dealkylation sites (tertiary alicyclic amines) is 1. The van der Waals surface area contributed by atoms with Gasteiger partial charge in [0.2, 0.25) is 0 Å². The zero-order chi connectivity index (χ0) is 21.1. The molecule has 1 saturated heterocycles. The van der Waals surface area contributed by atoms with Crippen molar-refractivity contribution in [3.05, 3.63) is 63.0 Å². The lowest BCUT2D eigenvalue weighted by Gasteiger charge is -2.30. The summed E-state index contributed by atoms with van der Waals surface area (Å²) >= 11 is 5.36. The van der Waals surface area contributed by atoms with Crippen LogP contribution in [0.3, 0.4) is 0 Å². The molecule has 0 bridgehead atoms. The molecule has 1 amide bonds. The van der Waals surface area contributed by atoms with Gasteiger partial charge in [-0.2, -0.15) is 0 Å². The van der Waals surface area contributed by atoms with Crippen molar-refractivity contribution in [2.24, 2.45) is 5.92 Å². The summed E-state index contributed by atoms with van der Waals surface area (Å²) in [7, 11) is 0. The second kappa shape index (κ2) is 8.97. The van der Waals surface area contributed by atoms with Gasteiger partial charge < -0.3 is 19.6 Å². The van der Waals surface area contributed by atoms with Crippen molar-refractivity contribution >= 4 is 29.0 Å². The van der Waals surface area contributed by atoms with Crippen LogP contribution in [0.2, 0.25) is 0 Å². The number of amides is 1. The summed E-state index contributed by atoms with van der Waals surface area (Å²) in [5.74, 6) is 1.29. The van der Waals surface area contributed by atoms with Crippen LogP contribution in [0.4, 0.5) is 0 Å². The average Bonchev–Trinajstić information content (AvgIpc) is 3.25. The van der Waals surface area contributed by atoms with Crippen LogP contribution in [0, 0.1) is 10.7 Å². The second-order valence-corrected chi connectivity index (χ2v) is 8.33. The number of rotatable bonds is 6. The van der Waals surface area contributed by atoms with E-state index < -0.39 is 0 Å². The second-order valence-electron chi connectivity index (χ2n) is 7.94. The van der Waals surface area contributed by atoms with E-state index in [0.717, 1.165) is 25.6 Å². The molecule has 0 radical (unpaired) electrons. The molecule has 7 nitrogen and oxygen atoms in total. The third kappa shape index (κ3) is 4.55. The summed E-state index contributed by atoms with van der Waals surface area (Å²) in [6.07, 6.45) is 4.00. The number of aromatic amines is 1. The van der Waals surface area contributed by atoms with E-state index in [-0.39, 0.29) is 18.0 Å². The zero-order valence-electron chi connectivity index (χ0n) is 17.0. The predicted molar refractivity (Wildman–Crippen MR) is 118 cm³/mol. The predicted octanol–water partition coefficient (Wildman–Crippen LogP) is 3.16. The molecule has 0 spiro atoms. The van der Waals surface area contributed by atoms with Gasteiger partial charge in [0, 0.05) is 18.7 Å². The first-order chi connectivity index (χ1) is 14.5. The van der Waals surface area contributed by atoms with E-state index in [1.54, 1.807) is 36.6 Å². The fourth-order valence-electron chi connectivity index (χ4n) is 3.81. The number of piperidine rings is 1. The lowest BCUT2D eigenvalue weighted by Crippen LogP contribution is -2.39. The molecule has 158 valence electrons. The Morgan fingerprint density at radius 3 is 2.83 bits per heavy atom. The standard InChI is InChI=1S/C22H26N4O3S/c1-15-6-9-25(10-7-15)11-8-23-20(27)16-4-5-18-19(13-16)24-22(30)26(21(18)28)14-17-3-2-12-29-17/h2-5,12-13,15H,6-11,14H2,1H3,(H,23,27)(H,24,30). The van der Waals surface area contributed by atoms with Gasteiger partial charge in [-0.1, -0.05) is 6.92 Å². The van der Waals surface area contributed by atoms with Gasteiger partial charge in [0.1, 0.15) is 5.76 Å². The van der Waals surface area contributed by atoms with E-state index in [1.165, 1.54) is 17.4 Å². The number of H-pyrrole nitrogens is 1. The lowest BCUT2D eigenvalue weighted by molar-refractivity contribution is 0.0944. The van der Waals surface area contributed by atoms with Crippen molar-refractivity contribution in [1.29, 1.82) is 0 Å². The number of aromatic nitrogens is 2. The van der Waals surface area contributed by atoms with E-state index in [1.807, 2.05) is 0 Å². The summed E-state index contributed by atoms with van der Waals surface area (Å²) < 4.78 is 7.07. The maximum atomic E-state index is 12.9. The van der Waals surface area contributed by atoms with Crippen molar-refractivity contribution in [1.82, 2.24) is 19.8 Å². The van der Waals surface area contributed by atoms with Crippen LogP contribution in [0.1, 0.15) is 35.9 Å². The van der Waals surface area contributed by atoms with E-state index in [0.29, 0.717) is 33.5 Å². The normalized spacial score (nSPS) is 15.5. The van der Waals surface area contributed by atoms with Gasteiger partial charge in [0.15, 0.2) is 4.77 Å². The molecule has 0 saturated carbocycles. The smallest absolute Gasteiger partial charge is 0.262 e. The summed E-state index contributed by atoms with van der Waals surface area (Å²) in [5, 5.41) is 3.46. The van der Waals surface area contributed by atoms with Crippen LogP contribution in [-0.2, 0) is 6.54 Å². The molecule has 2 N–H and O–H groups in total. The van der Waals surface area contributed by atoms with Gasteiger partial charge in [-0.15, -0.1) is 0 Å². The zero-order valence-corrected chi connectivity index (χ0v) is 17.8. The molecule has 0 aliphatic carbocycles. The van der Waals surface area contributed by atoms with Crippen molar-refractivity contribution in [2.75, 3.05) is 26.2 Å². The number of furan rings is 1. The summed E-state index contributed by atoms with van der Waals surface area (Å²) in [5.41, 5.74) is 0.846. The van der Waals surface area contributed by atoms with Gasteiger partial charge in [0.05, 0.1) is 23.7 Å². The monoisotopic (exact) mass is 426 g/mol. The molecule has 30 heavy (non-hydrogen) atoms. The highest BCUT2D eigenvalue weighted by atomic mass is 32.1. The molecule has 8 heteroatoms. The molecular weight excluding hydrogens is 400 g/mol. The number of fused-ring (bicyclic) bond motifs is 1. The Morgan fingerprint density at radius 2 is 2.10 bits per heavy atom. The molecule has 1 aromatic carbocycles. The molecule has 3 heterocycles. The Labute approximate surface area is 179 Å². The highest BCUT2D eigenvalue weighted by molar-refractivity contribution is 7.71. The van der Waals surface area contributed by atoms with E-state index in [4.69, 9.17) is 16.6 Å². The Hall–Kier alpha value is -2.71.